The molecule has 0 saturated carbocycles. The molecule has 0 saturated heterocycles. The third-order valence-electron chi connectivity index (χ3n) is 8.31. The summed E-state index contributed by atoms with van der Waals surface area (Å²) in [5.74, 6) is 10.7. The molecule has 0 bridgehead atoms. The molecule has 0 spiro atoms. The Morgan fingerprint density at radius 2 is 1.05 bits per heavy atom. The lowest BCUT2D eigenvalue weighted by Crippen LogP contribution is -1.88. The Bertz CT molecular complexity index is 2100. The van der Waals surface area contributed by atoms with Gasteiger partial charge in [0.25, 0.3) is 0 Å². The zero-order valence-electron chi connectivity index (χ0n) is 49.5. The van der Waals surface area contributed by atoms with Gasteiger partial charge in [0.2, 0.25) is 23.6 Å². The summed E-state index contributed by atoms with van der Waals surface area (Å²) < 4.78 is 27.9. The fourth-order valence-electron chi connectivity index (χ4n) is 4.31. The molecule has 0 aromatic carbocycles. The quantitative estimate of drug-likeness (QED) is 0.138. The van der Waals surface area contributed by atoms with E-state index in [0.717, 1.165) is 43.3 Å². The second-order valence-electron chi connectivity index (χ2n) is 18.1. The summed E-state index contributed by atoms with van der Waals surface area (Å²) in [6.07, 6.45) is 5.12. The van der Waals surface area contributed by atoms with Gasteiger partial charge in [0.1, 0.15) is 37.4 Å². The smallest absolute Gasteiger partial charge is 0.229 e. The van der Waals surface area contributed by atoms with Crippen LogP contribution in [0.1, 0.15) is 263 Å². The number of aryl methyl sites for hydroxylation is 6. The lowest BCUT2D eigenvalue weighted by Gasteiger charge is -1.94. The fourth-order valence-corrected chi connectivity index (χ4v) is 6.91. The van der Waals surface area contributed by atoms with Gasteiger partial charge in [0.05, 0.1) is 11.7 Å². The molecule has 8 aromatic heterocycles. The van der Waals surface area contributed by atoms with Crippen molar-refractivity contribution in [1.29, 1.82) is 0 Å². The van der Waals surface area contributed by atoms with E-state index in [1.54, 1.807) is 42.7 Å². The van der Waals surface area contributed by atoms with Crippen molar-refractivity contribution < 1.29 is 17.9 Å². The van der Waals surface area contributed by atoms with Crippen molar-refractivity contribution in [2.45, 2.75) is 227 Å². The van der Waals surface area contributed by atoms with Crippen molar-refractivity contribution in [1.82, 2.24) is 69.4 Å². The predicted octanol–water partition coefficient (Wildman–Crippen LogP) is 16.5. The zero-order chi connectivity index (χ0) is 57.1. The van der Waals surface area contributed by atoms with Crippen LogP contribution in [0.25, 0.3) is 0 Å². The van der Waals surface area contributed by atoms with Crippen LogP contribution in [0.2, 0.25) is 0 Å². The van der Waals surface area contributed by atoms with Crippen LogP contribution in [-0.2, 0) is 0 Å². The van der Waals surface area contributed by atoms with Crippen LogP contribution in [0, 0.1) is 41.5 Å². The molecule has 0 atom stereocenters. The van der Waals surface area contributed by atoms with Crippen molar-refractivity contribution in [2.75, 3.05) is 0 Å². The fraction of sp³-hybridized carbons (Fsp3) is 0.654. The van der Waals surface area contributed by atoms with Gasteiger partial charge in [-0.05, 0) is 56.7 Å². The number of nitrogens with zero attached hydrogens (tertiary/aromatic N) is 14. The maximum absolute atomic E-state index is 5.12. The van der Waals surface area contributed by atoms with Crippen molar-refractivity contribution in [3.8, 4) is 0 Å². The minimum absolute atomic E-state index is 0.339. The number of aromatic nitrogens is 14. The average molecular weight is 1100 g/mol. The molecule has 8 aromatic rings. The van der Waals surface area contributed by atoms with E-state index in [0.29, 0.717) is 76.7 Å². The lowest BCUT2D eigenvalue weighted by atomic mass is 10.2. The molecule has 18 nitrogen and oxygen atoms in total. The summed E-state index contributed by atoms with van der Waals surface area (Å²) in [6.45, 7) is 52.6. The Morgan fingerprint density at radius 3 is 1.27 bits per heavy atom. The summed E-state index contributed by atoms with van der Waals surface area (Å²) >= 11 is 6.36. The van der Waals surface area contributed by atoms with Crippen LogP contribution in [0.5, 0.6) is 0 Å². The topological polar surface area (TPSA) is 233 Å². The van der Waals surface area contributed by atoms with Crippen LogP contribution < -0.4 is 0 Å². The first-order valence-electron chi connectivity index (χ1n) is 25.4. The highest BCUT2D eigenvalue weighted by Crippen LogP contribution is 2.19. The summed E-state index contributed by atoms with van der Waals surface area (Å²) in [5.41, 5.74) is 1.87. The first-order valence-corrected chi connectivity index (χ1v) is 28.6. The van der Waals surface area contributed by atoms with Gasteiger partial charge in [0, 0.05) is 66.3 Å². The normalized spacial score (nSPS) is 10.2. The molecule has 0 aliphatic heterocycles. The standard InChI is InChI=1S/3C6H10N2O.3C6H10N2S.C6H9NO.C6H9NS.2C2H6/c1-4(2)6-8-7-5(3)9-6;1-4(2)6-7-5(3)9-8-6;1-4(2)6-7-5(3)8-9-6;1-4(2)6-8-7-5(3)9-6;1-4(2)6-7-5(3)9-8-6;1-4(2)6-7-5(3)8-9-6;2*1-5(2)6-3-7-4-8-6;2*1-2/h6*4H,1-3H3;2*3-5H,1-2H3;2*1-2H3. The predicted molar refractivity (Wildman–Crippen MR) is 305 cm³/mol. The second kappa shape index (κ2) is 40.3. The third-order valence-corrected chi connectivity index (χ3v) is 12.3. The molecule has 0 fully saturated rings. The molecule has 0 aliphatic rings. The van der Waals surface area contributed by atoms with E-state index in [9.17, 15) is 0 Å². The number of oxazole rings is 1. The van der Waals surface area contributed by atoms with Crippen LogP contribution >= 0.6 is 45.7 Å². The van der Waals surface area contributed by atoms with Gasteiger partial charge in [-0.3, -0.25) is 4.98 Å². The van der Waals surface area contributed by atoms with Crippen LogP contribution in [0.15, 0.2) is 42.2 Å². The lowest BCUT2D eigenvalue weighted by molar-refractivity contribution is 0.362. The van der Waals surface area contributed by atoms with Gasteiger partial charge >= 0.3 is 0 Å². The zero-order valence-corrected chi connectivity index (χ0v) is 52.7. The first-order chi connectivity index (χ1) is 34.8. The van der Waals surface area contributed by atoms with Gasteiger partial charge in [0.15, 0.2) is 18.0 Å². The van der Waals surface area contributed by atoms with Crippen LogP contribution in [0.4, 0.5) is 0 Å². The summed E-state index contributed by atoms with van der Waals surface area (Å²) in [6, 6.07) is 0. The van der Waals surface area contributed by atoms with Crippen LogP contribution in [-0.4, -0.2) is 69.4 Å². The average Bonchev–Trinajstić information content (AvgIpc) is 4.19. The third kappa shape index (κ3) is 32.3. The van der Waals surface area contributed by atoms with E-state index < -0.39 is 0 Å². The molecule has 0 aliphatic carbocycles. The monoisotopic (exact) mass is 1100 g/mol. The number of hydrogen-bond acceptors (Lipinski definition) is 22. The number of thiazole rings is 1. The van der Waals surface area contributed by atoms with E-state index in [1.165, 1.54) is 34.3 Å². The van der Waals surface area contributed by atoms with E-state index in [4.69, 9.17) is 17.9 Å². The minimum atomic E-state index is 0.339. The molecule has 8 rings (SSSR count). The summed E-state index contributed by atoms with van der Waals surface area (Å²) in [5, 5.41) is 27.2. The van der Waals surface area contributed by atoms with E-state index in [-0.39, 0.29) is 0 Å². The van der Waals surface area contributed by atoms with E-state index in [2.05, 4.69) is 139 Å². The number of hydrogen-bond donors (Lipinski definition) is 0. The van der Waals surface area contributed by atoms with Gasteiger partial charge in [-0.25, -0.2) is 15.0 Å². The highest BCUT2D eigenvalue weighted by Gasteiger charge is 2.08. The first kappa shape index (κ1) is 71.0. The maximum Gasteiger partial charge on any atom is 0.229 e. The summed E-state index contributed by atoms with van der Waals surface area (Å²) in [7, 11) is 0. The second-order valence-corrected chi connectivity index (χ2v) is 21.9. The van der Waals surface area contributed by atoms with Gasteiger partial charge in [-0.15, -0.1) is 43.1 Å². The van der Waals surface area contributed by atoms with Crippen molar-refractivity contribution in [3.05, 3.63) is 102 Å². The highest BCUT2D eigenvalue weighted by molar-refractivity contribution is 7.11. The van der Waals surface area contributed by atoms with Gasteiger partial charge in [-0.1, -0.05) is 149 Å². The van der Waals surface area contributed by atoms with Crippen molar-refractivity contribution in [2.24, 2.45) is 0 Å². The van der Waals surface area contributed by atoms with Crippen LogP contribution in [0.3, 0.4) is 0 Å². The largest absolute Gasteiger partial charge is 0.448 e. The van der Waals surface area contributed by atoms with Gasteiger partial charge in [-0.2, -0.15) is 18.7 Å². The SMILES string of the molecule is CC.CC.CC(C)c1cnco1.CC(C)c1cncs1.Cc1nc(C(C)C)no1.Cc1nc(C(C)C)ns1.Cc1nnc(C(C)C)o1.Cc1nnc(C(C)C)s1.Cc1noc(C(C)C)n1.Cc1nsc(C(C)C)n1. The highest BCUT2D eigenvalue weighted by atomic mass is 32.1. The Morgan fingerprint density at radius 1 is 0.446 bits per heavy atom. The number of rotatable bonds is 8. The van der Waals surface area contributed by atoms with Crippen molar-refractivity contribution in [3.63, 3.8) is 0 Å². The van der Waals surface area contributed by atoms with E-state index in [1.807, 2.05) is 109 Å². The van der Waals surface area contributed by atoms with Crippen molar-refractivity contribution >= 4 is 45.7 Å². The Hall–Kier alpha value is -5.06. The molecule has 0 unspecified atom stereocenters. The molecular formula is C52H90N14O4S4. The summed E-state index contributed by atoms with van der Waals surface area (Å²) in [4.78, 5) is 25.6. The molecule has 0 radical (unpaired) electrons. The molecule has 8 heterocycles. The minimum Gasteiger partial charge on any atom is -0.448 e. The molecular weight excluding hydrogens is 1010 g/mol. The molecule has 0 amide bonds. The molecule has 0 N–H and O–H groups in total. The Labute approximate surface area is 459 Å². The Balaban J connectivity index is 0. The van der Waals surface area contributed by atoms with E-state index >= 15 is 0 Å². The molecule has 22 heteroatoms. The van der Waals surface area contributed by atoms with Gasteiger partial charge < -0.3 is 17.9 Å². The molecule has 416 valence electrons. The molecule has 74 heavy (non-hydrogen) atoms. The Kier molecular flexibility index (Phi) is 38.7. The maximum atomic E-state index is 5.12.